The van der Waals surface area contributed by atoms with Gasteiger partial charge in [-0.15, -0.1) is 0 Å². The summed E-state index contributed by atoms with van der Waals surface area (Å²) in [6, 6.07) is 3.34. The Bertz CT molecular complexity index is 698. The van der Waals surface area contributed by atoms with Gasteiger partial charge in [0.15, 0.2) is 4.77 Å². The van der Waals surface area contributed by atoms with Gasteiger partial charge in [0.1, 0.15) is 5.82 Å². The van der Waals surface area contributed by atoms with E-state index in [2.05, 4.69) is 32.4 Å². The molecule has 1 N–H and O–H groups in total. The second-order valence-corrected chi connectivity index (χ2v) is 7.36. The van der Waals surface area contributed by atoms with E-state index in [-0.39, 0.29) is 5.82 Å². The van der Waals surface area contributed by atoms with E-state index in [9.17, 15) is 4.39 Å². The van der Waals surface area contributed by atoms with E-state index >= 15 is 0 Å². The van der Waals surface area contributed by atoms with Gasteiger partial charge in [-0.3, -0.25) is 0 Å². The molecule has 1 aromatic carbocycles. The zero-order valence-electron chi connectivity index (χ0n) is 12.2. The maximum absolute atomic E-state index is 13.6. The van der Waals surface area contributed by atoms with Crippen LogP contribution in [0, 0.1) is 22.4 Å². The Hall–Kier alpha value is -0.680. The van der Waals surface area contributed by atoms with E-state index < -0.39 is 0 Å². The zero-order valence-corrected chi connectivity index (χ0v) is 14.6. The molecule has 0 spiro atoms. The minimum atomic E-state index is -0.255. The Morgan fingerprint density at radius 3 is 2.62 bits per heavy atom. The number of aromatic nitrogens is 2. The quantitative estimate of drug-likeness (QED) is 0.675. The Kier molecular flexibility index (Phi) is 4.50. The number of halogens is 2. The molecular weight excluding hydrogens is 351 g/mol. The van der Waals surface area contributed by atoms with Gasteiger partial charge < -0.3 is 9.55 Å². The van der Waals surface area contributed by atoms with Crippen LogP contribution in [0.15, 0.2) is 16.6 Å². The molecule has 0 aliphatic heterocycles. The number of H-pyrrole nitrogens is 1. The Morgan fingerprint density at radius 2 is 1.95 bits per heavy atom. The monoisotopic (exact) mass is 370 g/mol. The summed E-state index contributed by atoms with van der Waals surface area (Å²) < 4.78 is 16.9. The number of imidazole rings is 1. The molecule has 0 atom stereocenters. The number of hydrogen-bond donors (Lipinski definition) is 1. The van der Waals surface area contributed by atoms with Crippen molar-refractivity contribution >= 4 is 39.2 Å². The summed E-state index contributed by atoms with van der Waals surface area (Å²) in [7, 11) is 0. The fourth-order valence-electron chi connectivity index (χ4n) is 3.41. The molecule has 1 saturated carbocycles. The predicted octanol–water partition coefficient (Wildman–Crippen LogP) is 5.82. The van der Waals surface area contributed by atoms with Crippen molar-refractivity contribution in [2.24, 2.45) is 11.8 Å². The van der Waals surface area contributed by atoms with Gasteiger partial charge in [-0.25, -0.2) is 4.39 Å². The number of aromatic amines is 1. The lowest BCUT2D eigenvalue weighted by atomic mass is 9.81. The third-order valence-corrected chi connectivity index (χ3v) is 5.73. The van der Waals surface area contributed by atoms with Crippen LogP contribution in [0.4, 0.5) is 4.39 Å². The van der Waals surface area contributed by atoms with Gasteiger partial charge in [0.25, 0.3) is 0 Å². The topological polar surface area (TPSA) is 20.7 Å². The maximum Gasteiger partial charge on any atom is 0.178 e. The lowest BCUT2D eigenvalue weighted by Gasteiger charge is -2.28. The molecule has 0 amide bonds. The second-order valence-electron chi connectivity index (χ2n) is 6.12. The maximum atomic E-state index is 13.6. The molecule has 1 fully saturated rings. The molecule has 1 aromatic heterocycles. The molecule has 1 aliphatic carbocycles. The number of benzene rings is 1. The van der Waals surface area contributed by atoms with Gasteiger partial charge in [0, 0.05) is 12.6 Å². The van der Waals surface area contributed by atoms with Crippen LogP contribution in [0.3, 0.4) is 0 Å². The Labute approximate surface area is 137 Å². The first-order chi connectivity index (χ1) is 10.1. The lowest BCUT2D eigenvalue weighted by molar-refractivity contribution is 0.248. The van der Waals surface area contributed by atoms with Crippen molar-refractivity contribution in [3.63, 3.8) is 0 Å². The van der Waals surface area contributed by atoms with Crippen molar-refractivity contribution in [1.82, 2.24) is 9.55 Å². The number of rotatable bonds is 3. The molecule has 1 heterocycles. The van der Waals surface area contributed by atoms with E-state index in [1.807, 2.05) is 6.07 Å². The van der Waals surface area contributed by atoms with Crippen molar-refractivity contribution in [1.29, 1.82) is 0 Å². The molecular formula is C16H20BrFN2S. The molecule has 2 nitrogen and oxygen atoms in total. The summed E-state index contributed by atoms with van der Waals surface area (Å²) in [4.78, 5) is 3.12. The van der Waals surface area contributed by atoms with E-state index in [1.54, 1.807) is 0 Å². The van der Waals surface area contributed by atoms with Crippen molar-refractivity contribution in [3.8, 4) is 0 Å². The average molecular weight is 371 g/mol. The van der Waals surface area contributed by atoms with E-state index in [4.69, 9.17) is 12.2 Å². The van der Waals surface area contributed by atoms with Gasteiger partial charge in [-0.2, -0.15) is 0 Å². The van der Waals surface area contributed by atoms with E-state index in [0.29, 0.717) is 15.2 Å². The molecule has 21 heavy (non-hydrogen) atoms. The summed E-state index contributed by atoms with van der Waals surface area (Å²) >= 11 is 8.69. The Morgan fingerprint density at radius 1 is 1.29 bits per heavy atom. The SMILES string of the molecule is CCC1CCC(Cn2c(=S)[nH]c3cc(F)c(Br)cc32)CC1. The largest absolute Gasteiger partial charge is 0.330 e. The van der Waals surface area contributed by atoms with Crippen LogP contribution in [0.5, 0.6) is 0 Å². The van der Waals surface area contributed by atoms with Gasteiger partial charge in [0.05, 0.1) is 15.5 Å². The standard InChI is InChI=1S/C16H20BrFN2S/c1-2-10-3-5-11(6-4-10)9-20-15-7-12(17)13(18)8-14(15)19-16(20)21/h7-8,10-11H,2-6,9H2,1H3,(H,19,21). The van der Waals surface area contributed by atoms with E-state index in [1.165, 1.54) is 38.2 Å². The van der Waals surface area contributed by atoms with Gasteiger partial charge >= 0.3 is 0 Å². The van der Waals surface area contributed by atoms with E-state index in [0.717, 1.165) is 23.5 Å². The van der Waals surface area contributed by atoms with Crippen LogP contribution < -0.4 is 0 Å². The number of nitrogens with zero attached hydrogens (tertiary/aromatic N) is 1. The molecule has 5 heteroatoms. The first-order valence-corrected chi connectivity index (χ1v) is 8.86. The fourth-order valence-corrected chi connectivity index (χ4v) is 4.03. The summed E-state index contributed by atoms with van der Waals surface area (Å²) in [5.74, 6) is 1.33. The molecule has 114 valence electrons. The molecule has 1 aliphatic rings. The summed E-state index contributed by atoms with van der Waals surface area (Å²) in [6.45, 7) is 3.22. The minimum absolute atomic E-state index is 0.255. The van der Waals surface area contributed by atoms with Crippen LogP contribution in [0.1, 0.15) is 39.0 Å². The average Bonchev–Trinajstić information content (AvgIpc) is 2.76. The van der Waals surface area contributed by atoms with Crippen LogP contribution in [0.2, 0.25) is 0 Å². The van der Waals surface area contributed by atoms with Crippen LogP contribution >= 0.6 is 28.1 Å². The van der Waals surface area contributed by atoms with Crippen LogP contribution in [-0.4, -0.2) is 9.55 Å². The van der Waals surface area contributed by atoms with Gasteiger partial charge in [-0.05, 0) is 58.9 Å². The summed E-state index contributed by atoms with van der Waals surface area (Å²) in [6.07, 6.45) is 6.50. The first kappa shape index (κ1) is 15.2. The normalized spacial score (nSPS) is 22.8. The number of fused-ring (bicyclic) bond motifs is 1. The van der Waals surface area contributed by atoms with Crippen molar-refractivity contribution in [2.75, 3.05) is 0 Å². The highest BCUT2D eigenvalue weighted by atomic mass is 79.9. The smallest absolute Gasteiger partial charge is 0.178 e. The number of hydrogen-bond acceptors (Lipinski definition) is 1. The van der Waals surface area contributed by atoms with Crippen LogP contribution in [-0.2, 0) is 6.54 Å². The Balaban J connectivity index is 1.86. The highest BCUT2D eigenvalue weighted by Gasteiger charge is 2.21. The molecule has 0 radical (unpaired) electrons. The molecule has 3 rings (SSSR count). The van der Waals surface area contributed by atoms with Crippen molar-refractivity contribution in [2.45, 2.75) is 45.6 Å². The molecule has 0 unspecified atom stereocenters. The minimum Gasteiger partial charge on any atom is -0.330 e. The predicted molar refractivity (Wildman–Crippen MR) is 90.5 cm³/mol. The zero-order chi connectivity index (χ0) is 15.0. The highest BCUT2D eigenvalue weighted by molar-refractivity contribution is 9.10. The third kappa shape index (κ3) is 3.09. The summed E-state index contributed by atoms with van der Waals surface area (Å²) in [5.41, 5.74) is 1.77. The van der Waals surface area contributed by atoms with Crippen molar-refractivity contribution in [3.05, 3.63) is 27.2 Å². The van der Waals surface area contributed by atoms with Gasteiger partial charge in [-0.1, -0.05) is 26.2 Å². The molecule has 2 aromatic rings. The molecule has 0 saturated heterocycles. The molecule has 0 bridgehead atoms. The number of nitrogens with one attached hydrogen (secondary N) is 1. The fraction of sp³-hybridized carbons (Fsp3) is 0.562. The van der Waals surface area contributed by atoms with Gasteiger partial charge in [0.2, 0.25) is 0 Å². The lowest BCUT2D eigenvalue weighted by Crippen LogP contribution is -2.18. The summed E-state index contributed by atoms with van der Waals surface area (Å²) in [5, 5.41) is 0. The third-order valence-electron chi connectivity index (χ3n) is 4.80. The van der Waals surface area contributed by atoms with Crippen LogP contribution in [0.25, 0.3) is 11.0 Å². The second kappa shape index (κ2) is 6.21. The highest BCUT2D eigenvalue weighted by Crippen LogP contribution is 2.32. The van der Waals surface area contributed by atoms with Crippen molar-refractivity contribution < 1.29 is 4.39 Å². The first-order valence-electron chi connectivity index (χ1n) is 7.66.